The lowest BCUT2D eigenvalue weighted by molar-refractivity contribution is 0.0694. The van der Waals surface area contributed by atoms with Crippen LogP contribution in [0.3, 0.4) is 0 Å². The van der Waals surface area contributed by atoms with Crippen molar-refractivity contribution < 1.29 is 19.0 Å². The van der Waals surface area contributed by atoms with Gasteiger partial charge in [0.2, 0.25) is 5.43 Å². The molecule has 0 aliphatic carbocycles. The molecule has 8 nitrogen and oxygen atoms in total. The average Bonchev–Trinajstić information content (AvgIpc) is 3.15. The molecule has 2 aliphatic heterocycles. The number of nitrogens with two attached hydrogens (primary N) is 1. The van der Waals surface area contributed by atoms with Gasteiger partial charge in [0.05, 0.1) is 22.6 Å². The highest BCUT2D eigenvalue weighted by Crippen LogP contribution is 2.46. The number of nitrogen functional groups attached to an aromatic ring is 1. The lowest BCUT2D eigenvalue weighted by atomic mass is 10.0. The molecule has 4 rings (SSSR count). The molecule has 1 aromatic carbocycles. The van der Waals surface area contributed by atoms with Crippen molar-refractivity contribution >= 4 is 28.2 Å². The Bertz CT molecular complexity index is 1080. The lowest BCUT2D eigenvalue weighted by Crippen LogP contribution is -2.32. The van der Waals surface area contributed by atoms with Crippen LogP contribution in [0.15, 0.2) is 11.0 Å². The number of halogens is 1. The molecule has 2 aromatic rings. The number of ether oxygens (including phenoxy) is 1. The van der Waals surface area contributed by atoms with E-state index in [-0.39, 0.29) is 35.2 Å². The number of pyridine rings is 1. The molecule has 2 aliphatic rings. The van der Waals surface area contributed by atoms with Gasteiger partial charge in [-0.05, 0) is 25.8 Å². The van der Waals surface area contributed by atoms with Gasteiger partial charge >= 0.3 is 5.97 Å². The number of nitrogens with zero attached hydrogens (tertiary/aromatic N) is 2. The summed E-state index contributed by atoms with van der Waals surface area (Å²) in [6.45, 7) is 8.38. The maximum absolute atomic E-state index is 15.5. The quantitative estimate of drug-likeness (QED) is 0.639. The first-order valence-electron chi connectivity index (χ1n) is 10.2. The van der Waals surface area contributed by atoms with Crippen LogP contribution in [0.1, 0.15) is 43.6 Å². The number of rotatable bonds is 5. The molecular formula is C21H27FN4O4. The normalized spacial score (nSPS) is 20.8. The molecule has 4 N–H and O–H groups in total. The minimum Gasteiger partial charge on any atom is -0.487 e. The average molecular weight is 418 g/mol. The molecule has 9 heteroatoms. The summed E-state index contributed by atoms with van der Waals surface area (Å²) < 4.78 is 23.1. The van der Waals surface area contributed by atoms with Crippen LogP contribution in [-0.2, 0) is 0 Å². The van der Waals surface area contributed by atoms with E-state index in [0.29, 0.717) is 30.6 Å². The lowest BCUT2D eigenvalue weighted by Gasteiger charge is -2.32. The number of anilines is 2. The van der Waals surface area contributed by atoms with E-state index in [1.165, 1.54) is 6.20 Å². The second-order valence-electron chi connectivity index (χ2n) is 8.54. The molecule has 0 spiro atoms. The summed E-state index contributed by atoms with van der Waals surface area (Å²) in [7, 11) is 0. The zero-order chi connectivity index (χ0) is 21.7. The molecule has 0 bridgehead atoms. The Morgan fingerprint density at radius 1 is 1.47 bits per heavy atom. The first kappa shape index (κ1) is 20.5. The molecule has 0 saturated carbocycles. The summed E-state index contributed by atoms with van der Waals surface area (Å²) >= 11 is 0. The molecule has 1 fully saturated rings. The summed E-state index contributed by atoms with van der Waals surface area (Å²) in [6, 6.07) is 0.147. The minimum absolute atomic E-state index is 0.130. The van der Waals surface area contributed by atoms with Gasteiger partial charge in [0.25, 0.3) is 0 Å². The van der Waals surface area contributed by atoms with Crippen molar-refractivity contribution in [2.75, 3.05) is 36.9 Å². The molecule has 2 atom stereocenters. The number of nitrogens with one attached hydrogen (secondary N) is 1. The van der Waals surface area contributed by atoms with Gasteiger partial charge in [-0.2, -0.15) is 0 Å². The van der Waals surface area contributed by atoms with Gasteiger partial charge < -0.3 is 30.4 Å². The number of aromatic carboxylic acids is 1. The summed E-state index contributed by atoms with van der Waals surface area (Å²) in [6.07, 6.45) is 2.21. The van der Waals surface area contributed by atoms with Crippen LogP contribution in [-0.4, -0.2) is 47.9 Å². The van der Waals surface area contributed by atoms with Crippen molar-refractivity contribution in [2.45, 2.75) is 39.3 Å². The number of benzene rings is 1. The third kappa shape index (κ3) is 3.17. The Hall–Kier alpha value is -2.81. The molecule has 3 heterocycles. The fourth-order valence-electron chi connectivity index (χ4n) is 4.37. The fourth-order valence-corrected chi connectivity index (χ4v) is 4.37. The highest BCUT2D eigenvalue weighted by Gasteiger charge is 2.34. The van der Waals surface area contributed by atoms with E-state index in [9.17, 15) is 14.7 Å². The molecule has 162 valence electrons. The first-order valence-corrected chi connectivity index (χ1v) is 10.2. The van der Waals surface area contributed by atoms with Gasteiger partial charge in [-0.25, -0.2) is 9.18 Å². The smallest absolute Gasteiger partial charge is 0.341 e. The van der Waals surface area contributed by atoms with E-state index < -0.39 is 22.8 Å². The van der Waals surface area contributed by atoms with Crippen molar-refractivity contribution in [3.63, 3.8) is 0 Å². The highest BCUT2D eigenvalue weighted by atomic mass is 19.1. The van der Waals surface area contributed by atoms with Gasteiger partial charge in [-0.1, -0.05) is 13.8 Å². The maximum atomic E-state index is 15.5. The van der Waals surface area contributed by atoms with Crippen molar-refractivity contribution in [3.05, 3.63) is 27.8 Å². The standard InChI is InChI=1S/C21H27FN4O4/c1-10(2)24-6-12-4-5-25(7-12)18-15(22)16(23)14-17-20(18)30-9-11(3)26(17)8-13(19(14)27)21(28)29/h8,10-12,24H,4-7,9,23H2,1-3H3,(H,28,29). The minimum atomic E-state index is -1.37. The van der Waals surface area contributed by atoms with E-state index in [0.717, 1.165) is 13.0 Å². The van der Waals surface area contributed by atoms with Crippen LogP contribution >= 0.6 is 0 Å². The van der Waals surface area contributed by atoms with Crippen molar-refractivity contribution in [3.8, 4) is 5.75 Å². The number of hydrogen-bond acceptors (Lipinski definition) is 6. The Morgan fingerprint density at radius 3 is 2.87 bits per heavy atom. The number of carboxylic acids is 1. The van der Waals surface area contributed by atoms with Crippen molar-refractivity contribution in [1.82, 2.24) is 9.88 Å². The Kier molecular flexibility index (Phi) is 5.09. The Balaban J connectivity index is 1.88. The molecule has 0 radical (unpaired) electrons. The molecule has 1 aromatic heterocycles. The van der Waals surface area contributed by atoms with Crippen LogP contribution in [0.5, 0.6) is 5.75 Å². The largest absolute Gasteiger partial charge is 0.487 e. The SMILES string of the molecule is CC(C)NCC1CCN(c2c(F)c(N)c3c(=O)c(C(=O)O)cn4c3c2OCC4C)C1. The summed E-state index contributed by atoms with van der Waals surface area (Å²) in [5, 5.41) is 12.7. The Labute approximate surface area is 173 Å². The number of hydrogen-bond donors (Lipinski definition) is 3. The van der Waals surface area contributed by atoms with Gasteiger partial charge in [0.1, 0.15) is 17.9 Å². The van der Waals surface area contributed by atoms with Crippen LogP contribution in [0.2, 0.25) is 0 Å². The number of carboxylic acid groups (broad SMARTS) is 1. The van der Waals surface area contributed by atoms with Crippen LogP contribution in [0.4, 0.5) is 15.8 Å². The third-order valence-electron chi connectivity index (χ3n) is 5.97. The van der Waals surface area contributed by atoms with Crippen molar-refractivity contribution in [1.29, 1.82) is 0 Å². The van der Waals surface area contributed by atoms with Crippen LogP contribution < -0.4 is 26.1 Å². The topological polar surface area (TPSA) is 110 Å². The molecule has 1 saturated heterocycles. The zero-order valence-electron chi connectivity index (χ0n) is 17.4. The van der Waals surface area contributed by atoms with Crippen LogP contribution in [0.25, 0.3) is 10.9 Å². The van der Waals surface area contributed by atoms with E-state index >= 15 is 4.39 Å². The summed E-state index contributed by atoms with van der Waals surface area (Å²) in [4.78, 5) is 26.3. The fraction of sp³-hybridized carbons (Fsp3) is 0.524. The van der Waals surface area contributed by atoms with Gasteiger partial charge in [-0.15, -0.1) is 0 Å². The zero-order valence-corrected chi connectivity index (χ0v) is 17.4. The van der Waals surface area contributed by atoms with Crippen molar-refractivity contribution in [2.24, 2.45) is 5.92 Å². The molecular weight excluding hydrogens is 391 g/mol. The van der Waals surface area contributed by atoms with E-state index in [4.69, 9.17) is 10.5 Å². The molecule has 30 heavy (non-hydrogen) atoms. The van der Waals surface area contributed by atoms with Gasteiger partial charge in [-0.3, -0.25) is 4.79 Å². The Morgan fingerprint density at radius 2 is 2.20 bits per heavy atom. The first-order chi connectivity index (χ1) is 14.2. The number of carbonyl (C=O) groups is 1. The monoisotopic (exact) mass is 418 g/mol. The third-order valence-corrected chi connectivity index (χ3v) is 5.97. The predicted molar refractivity (Wildman–Crippen MR) is 113 cm³/mol. The molecule has 0 amide bonds. The van der Waals surface area contributed by atoms with Crippen LogP contribution in [0, 0.1) is 11.7 Å². The predicted octanol–water partition coefficient (Wildman–Crippen LogP) is 2.20. The number of aromatic nitrogens is 1. The second kappa shape index (κ2) is 7.46. The second-order valence-corrected chi connectivity index (χ2v) is 8.54. The van der Waals surface area contributed by atoms with E-state index in [2.05, 4.69) is 19.2 Å². The summed E-state index contributed by atoms with van der Waals surface area (Å²) in [5.41, 5.74) is 5.15. The maximum Gasteiger partial charge on any atom is 0.341 e. The highest BCUT2D eigenvalue weighted by molar-refractivity contribution is 6.03. The van der Waals surface area contributed by atoms with Gasteiger partial charge in [0, 0.05) is 25.3 Å². The van der Waals surface area contributed by atoms with Gasteiger partial charge in [0.15, 0.2) is 11.6 Å². The molecule has 2 unspecified atom stereocenters. The van der Waals surface area contributed by atoms with E-state index in [1.807, 2.05) is 11.8 Å². The summed E-state index contributed by atoms with van der Waals surface area (Å²) in [5.74, 6) is -1.47. The van der Waals surface area contributed by atoms with E-state index in [1.54, 1.807) is 4.57 Å².